The van der Waals surface area contributed by atoms with E-state index >= 15 is 0 Å². The highest BCUT2D eigenvalue weighted by molar-refractivity contribution is 7.80. The molecule has 2 aromatic heterocycles. The average Bonchev–Trinajstić information content (AvgIpc) is 3.33. The predicted octanol–water partition coefficient (Wildman–Crippen LogP) is 4.63. The van der Waals surface area contributed by atoms with Crippen molar-refractivity contribution in [3.63, 3.8) is 0 Å². The molecule has 0 radical (unpaired) electrons. The number of nitro groups is 1. The molecule has 0 unspecified atom stereocenters. The lowest BCUT2D eigenvalue weighted by Crippen LogP contribution is -2.35. The third kappa shape index (κ3) is 3.47. The second-order valence-electron chi connectivity index (χ2n) is 7.10. The van der Waals surface area contributed by atoms with Crippen molar-refractivity contribution in [3.8, 4) is 11.3 Å². The van der Waals surface area contributed by atoms with Crippen molar-refractivity contribution >= 4 is 23.0 Å². The lowest BCUT2D eigenvalue weighted by atomic mass is 10.0. The molecular formula is C21H20N4O3S. The first kappa shape index (κ1) is 19.1. The van der Waals surface area contributed by atoms with Crippen LogP contribution in [0.25, 0.3) is 11.3 Å². The van der Waals surface area contributed by atoms with Crippen LogP contribution < -0.4 is 5.32 Å². The van der Waals surface area contributed by atoms with Crippen LogP contribution in [0.4, 0.5) is 5.69 Å². The quantitative estimate of drug-likeness (QED) is 0.374. The zero-order valence-electron chi connectivity index (χ0n) is 16.0. The molecule has 4 rings (SSSR count). The molecule has 0 spiro atoms. The Kier molecular flexibility index (Phi) is 5.02. The first-order valence-corrected chi connectivity index (χ1v) is 9.71. The van der Waals surface area contributed by atoms with Crippen LogP contribution in [0.2, 0.25) is 0 Å². The summed E-state index contributed by atoms with van der Waals surface area (Å²) in [6.07, 6.45) is 1.75. The molecule has 29 heavy (non-hydrogen) atoms. The maximum absolute atomic E-state index is 11.4. The van der Waals surface area contributed by atoms with Gasteiger partial charge in [-0.2, -0.15) is 0 Å². The van der Waals surface area contributed by atoms with E-state index in [0.717, 1.165) is 5.69 Å². The molecule has 1 aliphatic heterocycles. The lowest BCUT2D eigenvalue weighted by molar-refractivity contribution is -0.384. The number of aromatic nitrogens is 1. The van der Waals surface area contributed by atoms with Crippen LogP contribution in [0.5, 0.6) is 0 Å². The van der Waals surface area contributed by atoms with Crippen LogP contribution in [-0.4, -0.2) is 26.0 Å². The smallest absolute Gasteiger partial charge is 0.280 e. The van der Waals surface area contributed by atoms with Crippen LogP contribution in [0, 0.1) is 10.1 Å². The first-order chi connectivity index (χ1) is 14.0. The molecule has 1 aromatic carbocycles. The fourth-order valence-corrected chi connectivity index (χ4v) is 4.18. The Morgan fingerprint density at radius 1 is 1.17 bits per heavy atom. The second kappa shape index (κ2) is 7.63. The predicted molar refractivity (Wildman–Crippen MR) is 113 cm³/mol. The Balaban J connectivity index is 1.78. The average molecular weight is 408 g/mol. The molecule has 1 saturated heterocycles. The third-order valence-corrected chi connectivity index (χ3v) is 5.30. The van der Waals surface area contributed by atoms with Crippen LogP contribution in [0.3, 0.4) is 0 Å². The molecular weight excluding hydrogens is 388 g/mol. The van der Waals surface area contributed by atoms with E-state index in [2.05, 4.69) is 29.0 Å². The van der Waals surface area contributed by atoms with E-state index in [4.69, 9.17) is 16.6 Å². The number of furan rings is 1. The monoisotopic (exact) mass is 408 g/mol. The summed E-state index contributed by atoms with van der Waals surface area (Å²) in [5, 5.41) is 15.4. The normalized spacial score (nSPS) is 18.9. The summed E-state index contributed by atoms with van der Waals surface area (Å²) in [5.74, 6) is 1.13. The largest absolute Gasteiger partial charge is 0.459 e. The number of nitro benzene ring substituents is 1. The van der Waals surface area contributed by atoms with Gasteiger partial charge in [0.1, 0.15) is 17.6 Å². The molecule has 3 aromatic rings. The Bertz CT molecular complexity index is 1050. The zero-order chi connectivity index (χ0) is 20.5. The van der Waals surface area contributed by atoms with Gasteiger partial charge in [-0.25, -0.2) is 0 Å². The molecule has 1 N–H and O–H groups in total. The summed E-state index contributed by atoms with van der Waals surface area (Å²) in [7, 11) is 0. The molecule has 8 heteroatoms. The highest BCUT2D eigenvalue weighted by Crippen LogP contribution is 2.42. The van der Waals surface area contributed by atoms with E-state index in [1.807, 2.05) is 24.3 Å². The van der Waals surface area contributed by atoms with Gasteiger partial charge >= 0.3 is 0 Å². The highest BCUT2D eigenvalue weighted by Gasteiger charge is 2.42. The van der Waals surface area contributed by atoms with Crippen LogP contribution in [-0.2, 0) is 0 Å². The number of para-hydroxylation sites is 1. The Morgan fingerprint density at radius 3 is 2.62 bits per heavy atom. The SMILES string of the molecule is CC(C)N1C(=S)N[C@@H](c2ccccn2)[C@H]1c1ccc(-c2ccccc2[N+](=O)[O-])o1. The number of benzene rings is 1. The number of hydrogen-bond donors (Lipinski definition) is 1. The van der Waals surface area contributed by atoms with Gasteiger partial charge in [0.05, 0.1) is 22.2 Å². The number of nitrogens with one attached hydrogen (secondary N) is 1. The standard InChI is InChI=1S/C21H20N4O3S/c1-13(2)24-20(19(23-21(24)29)15-8-5-6-12-22-15)18-11-10-17(28-18)14-7-3-4-9-16(14)25(26)27/h3-13,19-20H,1-2H3,(H,23,29)/t19-,20+/m0/s1. The summed E-state index contributed by atoms with van der Waals surface area (Å²) in [4.78, 5) is 17.6. The summed E-state index contributed by atoms with van der Waals surface area (Å²) in [6.45, 7) is 4.13. The molecule has 148 valence electrons. The number of rotatable bonds is 5. The van der Waals surface area contributed by atoms with E-state index in [9.17, 15) is 10.1 Å². The Hall–Kier alpha value is -3.26. The number of thiocarbonyl (C=S) groups is 1. The number of pyridine rings is 1. The van der Waals surface area contributed by atoms with Crippen molar-refractivity contribution in [2.75, 3.05) is 0 Å². The van der Waals surface area contributed by atoms with Gasteiger partial charge in [0.2, 0.25) is 0 Å². The van der Waals surface area contributed by atoms with E-state index in [0.29, 0.717) is 22.2 Å². The molecule has 3 heterocycles. The number of nitrogens with zero attached hydrogens (tertiary/aromatic N) is 3. The van der Waals surface area contributed by atoms with E-state index < -0.39 is 4.92 Å². The fourth-order valence-electron chi connectivity index (χ4n) is 3.72. The summed E-state index contributed by atoms with van der Waals surface area (Å²) in [5.41, 5.74) is 1.31. The van der Waals surface area contributed by atoms with Gasteiger partial charge in [-0.3, -0.25) is 15.1 Å². The first-order valence-electron chi connectivity index (χ1n) is 9.30. The zero-order valence-corrected chi connectivity index (χ0v) is 16.8. The van der Waals surface area contributed by atoms with Gasteiger partial charge in [-0.1, -0.05) is 18.2 Å². The minimum Gasteiger partial charge on any atom is -0.459 e. The van der Waals surface area contributed by atoms with Crippen LogP contribution in [0.1, 0.15) is 37.4 Å². The fraction of sp³-hybridized carbons (Fsp3) is 0.238. The van der Waals surface area contributed by atoms with Crippen molar-refractivity contribution in [2.45, 2.75) is 32.0 Å². The maximum atomic E-state index is 11.4. The molecule has 1 aliphatic rings. The van der Waals surface area contributed by atoms with E-state index in [1.54, 1.807) is 30.5 Å². The van der Waals surface area contributed by atoms with Gasteiger partial charge in [0.25, 0.3) is 5.69 Å². The minimum absolute atomic E-state index is 0.00968. The maximum Gasteiger partial charge on any atom is 0.280 e. The third-order valence-electron chi connectivity index (χ3n) is 4.98. The Morgan fingerprint density at radius 2 is 1.93 bits per heavy atom. The lowest BCUT2D eigenvalue weighted by Gasteiger charge is -2.29. The molecule has 2 atom stereocenters. The number of hydrogen-bond acceptors (Lipinski definition) is 5. The highest BCUT2D eigenvalue weighted by atomic mass is 32.1. The summed E-state index contributed by atoms with van der Waals surface area (Å²) in [6, 6.07) is 15.7. The van der Waals surface area contributed by atoms with Crippen molar-refractivity contribution in [1.29, 1.82) is 0 Å². The van der Waals surface area contributed by atoms with Crippen LogP contribution >= 0.6 is 12.2 Å². The van der Waals surface area contributed by atoms with E-state index in [1.165, 1.54) is 6.07 Å². The van der Waals surface area contributed by atoms with Crippen LogP contribution in [0.15, 0.2) is 65.2 Å². The Labute approximate surface area is 173 Å². The topological polar surface area (TPSA) is 84.4 Å². The molecule has 0 aliphatic carbocycles. The van der Waals surface area contributed by atoms with Crippen molar-refractivity contribution in [1.82, 2.24) is 15.2 Å². The minimum atomic E-state index is -0.402. The molecule has 7 nitrogen and oxygen atoms in total. The molecule has 0 saturated carbocycles. The van der Waals surface area contributed by atoms with Gasteiger partial charge in [0, 0.05) is 18.3 Å². The van der Waals surface area contributed by atoms with Crippen molar-refractivity contribution < 1.29 is 9.34 Å². The molecule has 0 amide bonds. The molecule has 0 bridgehead atoms. The second-order valence-corrected chi connectivity index (χ2v) is 7.49. The van der Waals surface area contributed by atoms with Crippen molar-refractivity contribution in [3.05, 3.63) is 82.4 Å². The van der Waals surface area contributed by atoms with Gasteiger partial charge in [0.15, 0.2) is 5.11 Å². The van der Waals surface area contributed by atoms with E-state index in [-0.39, 0.29) is 23.8 Å². The van der Waals surface area contributed by atoms with Crippen molar-refractivity contribution in [2.24, 2.45) is 0 Å². The van der Waals surface area contributed by atoms with Gasteiger partial charge in [-0.15, -0.1) is 0 Å². The summed E-state index contributed by atoms with van der Waals surface area (Å²) >= 11 is 5.58. The summed E-state index contributed by atoms with van der Waals surface area (Å²) < 4.78 is 6.15. The molecule has 1 fully saturated rings. The van der Waals surface area contributed by atoms with Gasteiger partial charge in [-0.05, 0) is 56.4 Å². The van der Waals surface area contributed by atoms with Gasteiger partial charge < -0.3 is 14.6 Å².